The van der Waals surface area contributed by atoms with E-state index < -0.39 is 42.3 Å². The van der Waals surface area contributed by atoms with Gasteiger partial charge in [0.05, 0.1) is 35.6 Å². The summed E-state index contributed by atoms with van der Waals surface area (Å²) < 4.78 is 6.52. The molecular weight excluding hydrogens is 712 g/mol. The lowest BCUT2D eigenvalue weighted by atomic mass is 10.1. The van der Waals surface area contributed by atoms with E-state index in [4.69, 9.17) is 15.6 Å². The lowest BCUT2D eigenvalue weighted by Crippen LogP contribution is -2.42. The maximum absolute atomic E-state index is 12.3. The van der Waals surface area contributed by atoms with Crippen LogP contribution in [0.2, 0.25) is 0 Å². The second-order valence-corrected chi connectivity index (χ2v) is 12.5. The standard InChI is InChI=1S/C21H20N4O3.C17H20N4O6/c22-18-5-1-2-6-19(18)25-20(26)17-9-7-15(8-10-17)13-24-21(27)28-14-16-4-3-11-23-12-16;1-7-3-9-10(4-8(7)2)21(5-11(23)14(25)12(24)6-22)15-13(18-9)16(26)20-17(27)19-15/h1-12H,13-14,22H2,(H,24,27)(H,25,26);3-4,11-12,14,22-25H,5-6H2,1-2H3,(H,20,26,27)/t;11-,12+,14-/m.0/s1. The monoisotopic (exact) mass is 752 g/mol. The molecule has 0 saturated carbocycles. The lowest BCUT2D eigenvalue weighted by molar-refractivity contribution is -0.0802. The fourth-order valence-corrected chi connectivity index (χ4v) is 5.33. The molecule has 3 heterocycles. The number of amides is 2. The third-order valence-corrected chi connectivity index (χ3v) is 8.52. The van der Waals surface area contributed by atoms with Crippen LogP contribution in [0.5, 0.6) is 0 Å². The lowest BCUT2D eigenvalue weighted by Gasteiger charge is -2.25. The van der Waals surface area contributed by atoms with Crippen molar-refractivity contribution >= 4 is 34.4 Å². The van der Waals surface area contributed by atoms with Crippen molar-refractivity contribution in [3.63, 3.8) is 0 Å². The van der Waals surface area contributed by atoms with E-state index in [9.17, 15) is 34.5 Å². The summed E-state index contributed by atoms with van der Waals surface area (Å²) in [5.41, 5.74) is 10.2. The van der Waals surface area contributed by atoms with Crippen molar-refractivity contribution in [1.82, 2.24) is 29.8 Å². The van der Waals surface area contributed by atoms with Crippen LogP contribution >= 0.6 is 0 Å². The highest BCUT2D eigenvalue weighted by atomic mass is 16.5. The number of nitrogens with one attached hydrogen (secondary N) is 3. The molecule has 2 aliphatic rings. The molecule has 1 aromatic heterocycles. The second-order valence-electron chi connectivity index (χ2n) is 12.5. The van der Waals surface area contributed by atoms with Gasteiger partial charge in [0.2, 0.25) is 0 Å². The number of pyridine rings is 1. The number of nitrogen functional groups attached to an aromatic ring is 1. The minimum Gasteiger partial charge on any atom is -0.445 e. The molecular formula is C38H40N8O9. The van der Waals surface area contributed by atoms with Gasteiger partial charge in [-0.3, -0.25) is 19.6 Å². The number of aliphatic hydroxyl groups excluding tert-OH is 4. The van der Waals surface area contributed by atoms with E-state index in [-0.39, 0.29) is 30.6 Å². The third-order valence-electron chi connectivity index (χ3n) is 8.52. The average Bonchev–Trinajstić information content (AvgIpc) is 3.18. The number of nitrogens with two attached hydrogens (primary N) is 1. The van der Waals surface area contributed by atoms with Gasteiger partial charge in [-0.2, -0.15) is 4.98 Å². The molecule has 0 saturated heterocycles. The third kappa shape index (κ3) is 10.1. The van der Waals surface area contributed by atoms with Crippen LogP contribution in [0.3, 0.4) is 0 Å². The number of fused-ring (bicyclic) bond motifs is 2. The molecule has 2 aliphatic heterocycles. The number of rotatable bonds is 11. The number of carbonyl (C=O) groups excluding carboxylic acids is 2. The highest BCUT2D eigenvalue weighted by Gasteiger charge is 2.27. The number of benzene rings is 3. The number of H-pyrrole nitrogens is 1. The molecule has 3 atom stereocenters. The average molecular weight is 753 g/mol. The Labute approximate surface area is 313 Å². The Kier molecular flexibility index (Phi) is 13.0. The van der Waals surface area contributed by atoms with Gasteiger partial charge in [0.15, 0.2) is 11.5 Å². The fourth-order valence-electron chi connectivity index (χ4n) is 5.33. The number of carbonyl (C=O) groups is 2. The molecule has 17 nitrogen and oxygen atoms in total. The van der Waals surface area contributed by atoms with E-state index in [1.807, 2.05) is 19.9 Å². The van der Waals surface area contributed by atoms with Gasteiger partial charge in [-0.05, 0) is 73.0 Å². The first-order valence-electron chi connectivity index (χ1n) is 17.0. The molecule has 0 bridgehead atoms. The first-order chi connectivity index (χ1) is 26.3. The highest BCUT2D eigenvalue weighted by Crippen LogP contribution is 2.25. The summed E-state index contributed by atoms with van der Waals surface area (Å²) >= 11 is 0. The smallest absolute Gasteiger partial charge is 0.407 e. The van der Waals surface area contributed by atoms with Gasteiger partial charge in [-0.1, -0.05) is 30.3 Å². The number of hydrogen-bond acceptors (Lipinski definition) is 13. The zero-order valence-electron chi connectivity index (χ0n) is 29.8. The summed E-state index contributed by atoms with van der Waals surface area (Å²) in [5, 5.41) is 44.2. The van der Waals surface area contributed by atoms with Crippen molar-refractivity contribution in [1.29, 1.82) is 0 Å². The largest absolute Gasteiger partial charge is 0.445 e. The van der Waals surface area contributed by atoms with Crippen LogP contribution in [0, 0.1) is 13.8 Å². The topological polar surface area (TPSA) is 268 Å². The molecule has 286 valence electrons. The molecule has 17 heteroatoms. The zero-order valence-corrected chi connectivity index (χ0v) is 29.8. The van der Waals surface area contributed by atoms with Crippen LogP contribution < -0.4 is 27.6 Å². The summed E-state index contributed by atoms with van der Waals surface area (Å²) in [6.07, 6.45) is -1.91. The molecule has 6 rings (SSSR count). The number of para-hydroxylation sites is 2. The Morgan fingerprint density at radius 3 is 2.35 bits per heavy atom. The van der Waals surface area contributed by atoms with Crippen LogP contribution in [0.4, 0.5) is 16.2 Å². The van der Waals surface area contributed by atoms with E-state index >= 15 is 0 Å². The molecule has 0 unspecified atom stereocenters. The number of nitrogens with zero attached hydrogens (tertiary/aromatic N) is 4. The van der Waals surface area contributed by atoms with Crippen LogP contribution in [-0.2, 0) is 24.4 Å². The van der Waals surface area contributed by atoms with Crippen LogP contribution in [0.1, 0.15) is 32.6 Å². The number of anilines is 2. The summed E-state index contributed by atoms with van der Waals surface area (Å²) in [6, 6.07) is 21.1. The maximum Gasteiger partial charge on any atom is 0.407 e. The van der Waals surface area contributed by atoms with Gasteiger partial charge in [-0.15, -0.1) is 0 Å². The quantitative estimate of drug-likeness (QED) is 0.0692. The van der Waals surface area contributed by atoms with E-state index in [2.05, 4.69) is 30.6 Å². The van der Waals surface area contributed by atoms with Crippen molar-refractivity contribution in [2.75, 3.05) is 17.7 Å². The van der Waals surface area contributed by atoms with E-state index in [0.29, 0.717) is 34.5 Å². The SMILES string of the molecule is Cc1cc2nc3c(=O)[nH]c(=O)nc-3n(C[C@H](O)[C@H](O)[C@H](O)CO)c2cc1C.Nc1ccccc1NC(=O)c1ccc(CNC(=O)OCc2cccnc2)cc1. The van der Waals surface area contributed by atoms with Crippen molar-refractivity contribution in [2.24, 2.45) is 0 Å². The van der Waals surface area contributed by atoms with E-state index in [0.717, 1.165) is 22.3 Å². The van der Waals surface area contributed by atoms with Crippen LogP contribution in [-0.4, -0.2) is 81.8 Å². The molecule has 55 heavy (non-hydrogen) atoms. The Morgan fingerprint density at radius 2 is 1.65 bits per heavy atom. The summed E-state index contributed by atoms with van der Waals surface area (Å²) in [7, 11) is 0. The van der Waals surface area contributed by atoms with Gasteiger partial charge in [0.25, 0.3) is 11.5 Å². The Balaban J connectivity index is 0.000000211. The van der Waals surface area contributed by atoms with E-state index in [1.54, 1.807) is 79.1 Å². The van der Waals surface area contributed by atoms with Gasteiger partial charge >= 0.3 is 11.8 Å². The molecule has 0 aliphatic carbocycles. The Bertz CT molecular complexity index is 2350. The molecule has 3 aromatic carbocycles. The first kappa shape index (κ1) is 39.7. The number of ether oxygens (including phenoxy) is 1. The minimum absolute atomic E-state index is 0.0516. The predicted octanol–water partition coefficient (Wildman–Crippen LogP) is 1.62. The zero-order chi connectivity index (χ0) is 39.6. The normalized spacial score (nSPS) is 12.6. The summed E-state index contributed by atoms with van der Waals surface area (Å²) in [6.45, 7) is 3.17. The molecule has 0 fully saturated rings. The Morgan fingerprint density at radius 1 is 0.927 bits per heavy atom. The van der Waals surface area contributed by atoms with Crippen LogP contribution in [0.15, 0.2) is 94.8 Å². The maximum atomic E-state index is 12.3. The fraction of sp³-hybridized carbons (Fsp3) is 0.237. The van der Waals surface area contributed by atoms with Gasteiger partial charge in [0.1, 0.15) is 24.9 Å². The molecule has 0 radical (unpaired) electrons. The minimum atomic E-state index is -1.64. The number of aromatic amines is 1. The van der Waals surface area contributed by atoms with Gasteiger partial charge < -0.3 is 46.1 Å². The Hall–Kier alpha value is -6.53. The number of aromatic nitrogens is 5. The van der Waals surface area contributed by atoms with Crippen molar-refractivity contribution in [3.8, 4) is 11.5 Å². The first-order valence-corrected chi connectivity index (χ1v) is 17.0. The molecule has 2 amide bonds. The van der Waals surface area contributed by atoms with Crippen LogP contribution in [0.25, 0.3) is 22.6 Å². The van der Waals surface area contributed by atoms with Gasteiger partial charge in [0, 0.05) is 30.1 Å². The number of aryl methyl sites for hydroxylation is 2. The number of alkyl carbamates (subject to hydrolysis) is 1. The van der Waals surface area contributed by atoms with E-state index in [1.165, 1.54) is 4.57 Å². The molecule has 4 aromatic rings. The summed E-state index contributed by atoms with van der Waals surface area (Å²) in [4.78, 5) is 62.0. The number of aliphatic hydroxyl groups is 4. The summed E-state index contributed by atoms with van der Waals surface area (Å²) in [5.74, 6) is -0.308. The molecule has 0 spiro atoms. The molecule has 9 N–H and O–H groups in total. The number of hydrogen-bond donors (Lipinski definition) is 8. The van der Waals surface area contributed by atoms with Gasteiger partial charge in [-0.25, -0.2) is 14.6 Å². The highest BCUT2D eigenvalue weighted by molar-refractivity contribution is 6.05. The predicted molar refractivity (Wildman–Crippen MR) is 202 cm³/mol. The van der Waals surface area contributed by atoms with Crippen molar-refractivity contribution in [3.05, 3.63) is 134 Å². The second kappa shape index (κ2) is 18.0. The van der Waals surface area contributed by atoms with Crippen molar-refractivity contribution < 1.29 is 34.8 Å². The van der Waals surface area contributed by atoms with Crippen molar-refractivity contribution in [2.45, 2.75) is 51.9 Å².